The number of nitrogens with one attached hydrogen (secondary N) is 1. The maximum Gasteiger partial charge on any atom is 0.316 e. The summed E-state index contributed by atoms with van der Waals surface area (Å²) in [5.74, 6) is -0.950. The molecule has 0 bridgehead atoms. The van der Waals surface area contributed by atoms with E-state index in [1.165, 1.54) is 41.3 Å². The van der Waals surface area contributed by atoms with Gasteiger partial charge in [-0.3, -0.25) is 14.4 Å². The van der Waals surface area contributed by atoms with Gasteiger partial charge in [-0.25, -0.2) is 0 Å². The highest BCUT2D eigenvalue weighted by atomic mass is 32.2. The van der Waals surface area contributed by atoms with Gasteiger partial charge in [0, 0.05) is 17.5 Å². The molecule has 7 heteroatoms. The summed E-state index contributed by atoms with van der Waals surface area (Å²) in [5.41, 5.74) is 2.40. The van der Waals surface area contributed by atoms with E-state index in [9.17, 15) is 14.4 Å². The molecule has 0 spiro atoms. The predicted molar refractivity (Wildman–Crippen MR) is 106 cm³/mol. The van der Waals surface area contributed by atoms with Gasteiger partial charge >= 0.3 is 5.97 Å². The molecule has 1 aromatic rings. The van der Waals surface area contributed by atoms with Crippen LogP contribution in [0.2, 0.25) is 0 Å². The van der Waals surface area contributed by atoms with Gasteiger partial charge in [0.25, 0.3) is 5.91 Å². The zero-order valence-electron chi connectivity index (χ0n) is 16.5. The van der Waals surface area contributed by atoms with Crippen molar-refractivity contribution >= 4 is 29.5 Å². The minimum Gasteiger partial charge on any atom is -0.455 e. The number of fused-ring (bicyclic) bond motifs is 1. The second kappa shape index (κ2) is 9.26. The molecule has 0 atom stereocenters. The van der Waals surface area contributed by atoms with Gasteiger partial charge in [-0.15, -0.1) is 11.8 Å². The monoisotopic (exact) mass is 392 g/mol. The molecule has 0 saturated heterocycles. The fourth-order valence-electron chi connectivity index (χ4n) is 2.84. The molecular formula is C20H28N2O4S. The largest absolute Gasteiger partial charge is 0.455 e. The quantitative estimate of drug-likeness (QED) is 0.569. The molecule has 2 rings (SSSR count). The van der Waals surface area contributed by atoms with E-state index in [1.54, 1.807) is 0 Å². The molecule has 0 heterocycles. The summed E-state index contributed by atoms with van der Waals surface area (Å²) in [6.07, 6.45) is 3.42. The summed E-state index contributed by atoms with van der Waals surface area (Å²) < 4.78 is 5.04. The van der Waals surface area contributed by atoms with Crippen LogP contribution >= 0.6 is 11.8 Å². The van der Waals surface area contributed by atoms with Gasteiger partial charge in [0.1, 0.15) is 0 Å². The van der Waals surface area contributed by atoms with Crippen molar-refractivity contribution in [1.82, 2.24) is 10.2 Å². The van der Waals surface area contributed by atoms with Crippen LogP contribution in [0.5, 0.6) is 0 Å². The predicted octanol–water partition coefficient (Wildman–Crippen LogP) is 2.18. The number of benzene rings is 1. The Morgan fingerprint density at radius 2 is 1.89 bits per heavy atom. The Morgan fingerprint density at radius 3 is 2.59 bits per heavy atom. The van der Waals surface area contributed by atoms with E-state index in [1.807, 2.05) is 26.8 Å². The molecule has 1 aliphatic rings. The summed E-state index contributed by atoms with van der Waals surface area (Å²) >= 11 is 1.41. The van der Waals surface area contributed by atoms with Crippen LogP contribution in [-0.2, 0) is 32.0 Å². The molecular weight excluding hydrogens is 364 g/mol. The summed E-state index contributed by atoms with van der Waals surface area (Å²) in [6, 6.07) is 6.28. The van der Waals surface area contributed by atoms with Crippen LogP contribution in [0, 0.1) is 0 Å². The van der Waals surface area contributed by atoms with Crippen LogP contribution in [0.4, 0.5) is 0 Å². The van der Waals surface area contributed by atoms with Crippen molar-refractivity contribution in [3.63, 3.8) is 0 Å². The zero-order valence-corrected chi connectivity index (χ0v) is 17.3. The van der Waals surface area contributed by atoms with Crippen molar-refractivity contribution in [3.8, 4) is 0 Å². The van der Waals surface area contributed by atoms with Gasteiger partial charge in [-0.05, 0) is 63.3 Å². The first-order chi connectivity index (χ1) is 12.6. The molecule has 1 aromatic carbocycles. The van der Waals surface area contributed by atoms with Crippen molar-refractivity contribution in [2.24, 2.45) is 0 Å². The molecule has 1 aliphatic carbocycles. The van der Waals surface area contributed by atoms with Gasteiger partial charge in [-0.2, -0.15) is 0 Å². The van der Waals surface area contributed by atoms with E-state index in [0.29, 0.717) is 0 Å². The number of thioether (sulfide) groups is 1. The molecule has 0 aromatic heterocycles. The van der Waals surface area contributed by atoms with Crippen LogP contribution < -0.4 is 5.32 Å². The molecule has 148 valence electrons. The summed E-state index contributed by atoms with van der Waals surface area (Å²) in [6.45, 7) is 5.17. The van der Waals surface area contributed by atoms with E-state index >= 15 is 0 Å². The maximum atomic E-state index is 12.0. The first-order valence-electron chi connectivity index (χ1n) is 9.09. The van der Waals surface area contributed by atoms with Crippen LogP contribution in [0.15, 0.2) is 23.1 Å². The Labute approximate surface area is 165 Å². The lowest BCUT2D eigenvalue weighted by Gasteiger charge is -2.23. The van der Waals surface area contributed by atoms with Crippen molar-refractivity contribution in [3.05, 3.63) is 29.3 Å². The highest BCUT2D eigenvalue weighted by molar-refractivity contribution is 8.00. The van der Waals surface area contributed by atoms with E-state index in [2.05, 4.69) is 17.4 Å². The Morgan fingerprint density at radius 1 is 1.19 bits per heavy atom. The lowest BCUT2D eigenvalue weighted by Crippen LogP contribution is -2.46. The third-order valence-corrected chi connectivity index (χ3v) is 5.07. The molecule has 0 fully saturated rings. The molecule has 27 heavy (non-hydrogen) atoms. The van der Waals surface area contributed by atoms with Gasteiger partial charge in [0.15, 0.2) is 6.61 Å². The van der Waals surface area contributed by atoms with Gasteiger partial charge < -0.3 is 15.0 Å². The van der Waals surface area contributed by atoms with E-state index < -0.39 is 11.9 Å². The number of rotatable bonds is 7. The lowest BCUT2D eigenvalue weighted by molar-refractivity contribution is -0.149. The van der Waals surface area contributed by atoms with Crippen molar-refractivity contribution < 1.29 is 19.1 Å². The number of nitrogens with zero attached hydrogens (tertiary/aromatic N) is 1. The number of amides is 2. The Bertz CT molecular complexity index is 712. The normalized spacial score (nSPS) is 13.0. The average Bonchev–Trinajstić information content (AvgIpc) is 3.03. The van der Waals surface area contributed by atoms with Crippen molar-refractivity contribution in [1.29, 1.82) is 0 Å². The maximum absolute atomic E-state index is 12.0. The Kier molecular flexibility index (Phi) is 7.30. The number of aryl methyl sites for hydroxylation is 2. The summed E-state index contributed by atoms with van der Waals surface area (Å²) in [4.78, 5) is 38.0. The topological polar surface area (TPSA) is 75.7 Å². The zero-order chi connectivity index (χ0) is 20.0. The molecule has 0 aliphatic heterocycles. The third-order valence-electron chi connectivity index (χ3n) is 4.10. The lowest BCUT2D eigenvalue weighted by atomic mass is 10.1. The van der Waals surface area contributed by atoms with Crippen LogP contribution in [-0.4, -0.2) is 54.2 Å². The van der Waals surface area contributed by atoms with Crippen LogP contribution in [0.25, 0.3) is 0 Å². The van der Waals surface area contributed by atoms with Crippen LogP contribution in [0.3, 0.4) is 0 Å². The number of carbonyl (C=O) groups is 3. The second-order valence-corrected chi connectivity index (χ2v) is 8.83. The second-order valence-electron chi connectivity index (χ2n) is 7.78. The van der Waals surface area contributed by atoms with Crippen molar-refractivity contribution in [2.45, 2.75) is 50.5 Å². The summed E-state index contributed by atoms with van der Waals surface area (Å²) in [5, 5.41) is 2.78. The minimum absolute atomic E-state index is 0.0719. The highest BCUT2D eigenvalue weighted by Crippen LogP contribution is 2.27. The Balaban J connectivity index is 1.70. The average molecular weight is 393 g/mol. The van der Waals surface area contributed by atoms with E-state index in [0.717, 1.165) is 17.7 Å². The SMILES string of the molecule is CN(CC(=O)NC(C)(C)C)C(=O)COC(=O)CSc1ccc2c(c1)CCC2. The van der Waals surface area contributed by atoms with E-state index in [-0.39, 0.29) is 30.4 Å². The fraction of sp³-hybridized carbons (Fsp3) is 0.550. The third kappa shape index (κ3) is 7.25. The number of ether oxygens (including phenoxy) is 1. The molecule has 0 radical (unpaired) electrons. The molecule has 0 saturated carbocycles. The number of likely N-dealkylation sites (N-methyl/N-ethyl adjacent to an activating group) is 1. The van der Waals surface area contributed by atoms with Gasteiger partial charge in [0.2, 0.25) is 5.91 Å². The first-order valence-corrected chi connectivity index (χ1v) is 10.1. The molecule has 6 nitrogen and oxygen atoms in total. The van der Waals surface area contributed by atoms with Gasteiger partial charge in [0.05, 0.1) is 12.3 Å². The highest BCUT2D eigenvalue weighted by Gasteiger charge is 2.19. The Hall–Kier alpha value is -2.02. The van der Waals surface area contributed by atoms with Gasteiger partial charge in [-0.1, -0.05) is 6.07 Å². The van der Waals surface area contributed by atoms with Crippen LogP contribution in [0.1, 0.15) is 38.3 Å². The minimum atomic E-state index is -0.443. The standard InChI is InChI=1S/C20H28N2O4S/c1-20(2,3)21-17(23)11-22(4)18(24)12-26-19(25)13-27-16-9-8-14-6-5-7-15(14)10-16/h8-10H,5-7,11-13H2,1-4H3,(H,21,23). The molecule has 0 unspecified atom stereocenters. The first kappa shape index (κ1) is 21.3. The molecule has 2 amide bonds. The molecule has 1 N–H and O–H groups in total. The van der Waals surface area contributed by atoms with Crippen molar-refractivity contribution in [2.75, 3.05) is 26.0 Å². The number of esters is 1. The fourth-order valence-corrected chi connectivity index (χ4v) is 3.59. The summed E-state index contributed by atoms with van der Waals surface area (Å²) in [7, 11) is 1.51. The number of hydrogen-bond acceptors (Lipinski definition) is 5. The number of hydrogen-bond donors (Lipinski definition) is 1. The van der Waals surface area contributed by atoms with E-state index in [4.69, 9.17) is 4.74 Å². The smallest absolute Gasteiger partial charge is 0.316 e. The number of carbonyl (C=O) groups excluding carboxylic acids is 3.